The van der Waals surface area contributed by atoms with Crippen LogP contribution in [0, 0.1) is 6.92 Å². The summed E-state index contributed by atoms with van der Waals surface area (Å²) in [4.78, 5) is 20.2. The van der Waals surface area contributed by atoms with Gasteiger partial charge in [-0.15, -0.1) is 0 Å². The molecule has 0 amide bonds. The third kappa shape index (κ3) is 6.20. The van der Waals surface area contributed by atoms with Crippen LogP contribution in [0.25, 0.3) is 100.0 Å². The second-order valence-electron chi connectivity index (χ2n) is 14.0. The van der Waals surface area contributed by atoms with Crippen LogP contribution in [0.5, 0.6) is 0 Å². The Morgan fingerprint density at radius 3 is 1.49 bits per heavy atom. The average Bonchev–Trinajstić information content (AvgIpc) is 3.26. The van der Waals surface area contributed by atoms with E-state index in [1.807, 2.05) is 43.3 Å². The number of nitrogens with zero attached hydrogens (tertiary/aromatic N) is 4. The molecule has 4 nitrogen and oxygen atoms in total. The van der Waals surface area contributed by atoms with E-state index in [-0.39, 0.29) is 0 Å². The van der Waals surface area contributed by atoms with Gasteiger partial charge in [-0.05, 0) is 64.2 Å². The van der Waals surface area contributed by atoms with E-state index in [1.165, 1.54) is 10.8 Å². The molecule has 0 saturated carbocycles. The standard InChI is InChI=1S/C51H34N4/c1-33-16-17-40-28-29-44-45(43-27-22-34-10-8-9-15-42(34)30-43)31-46(53-50(44)49(40)52-33)38-23-18-35(19-24-38)36-20-25-39(26-21-36)48-32-47(37-11-4-2-5-12-37)54-51(55-48)41-13-6-3-7-14-41/h2-32H,1H3. The third-order valence-electron chi connectivity index (χ3n) is 10.4. The summed E-state index contributed by atoms with van der Waals surface area (Å²) >= 11 is 0. The second-order valence-corrected chi connectivity index (χ2v) is 14.0. The summed E-state index contributed by atoms with van der Waals surface area (Å²) in [5.41, 5.74) is 14.2. The Bertz CT molecular complexity index is 2950. The summed E-state index contributed by atoms with van der Waals surface area (Å²) in [6.07, 6.45) is 0. The van der Waals surface area contributed by atoms with Crippen LogP contribution >= 0.6 is 0 Å². The summed E-state index contributed by atoms with van der Waals surface area (Å²) in [5.74, 6) is 0.710. The normalized spacial score (nSPS) is 11.4. The number of aryl methyl sites for hydroxylation is 1. The van der Waals surface area contributed by atoms with Gasteiger partial charge in [-0.3, -0.25) is 4.98 Å². The molecule has 0 aliphatic carbocycles. The fraction of sp³-hybridized carbons (Fsp3) is 0.0196. The minimum Gasteiger partial charge on any atom is -0.251 e. The van der Waals surface area contributed by atoms with Gasteiger partial charge in [-0.1, -0.05) is 164 Å². The summed E-state index contributed by atoms with van der Waals surface area (Å²) in [5, 5.41) is 4.61. The monoisotopic (exact) mass is 702 g/mol. The van der Waals surface area contributed by atoms with Crippen LogP contribution in [-0.4, -0.2) is 19.9 Å². The molecule has 258 valence electrons. The first-order chi connectivity index (χ1) is 27.1. The number of rotatable bonds is 6. The molecular formula is C51H34N4. The predicted octanol–water partition coefficient (Wildman–Crippen LogP) is 13.0. The molecule has 0 aliphatic rings. The Kier molecular flexibility index (Phi) is 8.00. The highest BCUT2D eigenvalue weighted by molar-refractivity contribution is 6.10. The van der Waals surface area contributed by atoms with E-state index < -0.39 is 0 Å². The van der Waals surface area contributed by atoms with Crippen LogP contribution in [0.2, 0.25) is 0 Å². The zero-order valence-corrected chi connectivity index (χ0v) is 30.2. The first-order valence-electron chi connectivity index (χ1n) is 18.5. The molecule has 0 spiro atoms. The Morgan fingerprint density at radius 2 is 0.818 bits per heavy atom. The van der Waals surface area contributed by atoms with Crippen molar-refractivity contribution >= 4 is 32.6 Å². The summed E-state index contributed by atoms with van der Waals surface area (Å²) in [6, 6.07) is 65.9. The highest BCUT2D eigenvalue weighted by atomic mass is 14.9. The Balaban J connectivity index is 1.02. The lowest BCUT2D eigenvalue weighted by Crippen LogP contribution is -1.95. The van der Waals surface area contributed by atoms with Crippen molar-refractivity contribution in [1.29, 1.82) is 0 Å². The van der Waals surface area contributed by atoms with E-state index in [2.05, 4.69) is 152 Å². The minimum absolute atomic E-state index is 0.710. The van der Waals surface area contributed by atoms with E-state index >= 15 is 0 Å². The maximum absolute atomic E-state index is 5.29. The molecule has 0 bridgehead atoms. The van der Waals surface area contributed by atoms with E-state index in [0.29, 0.717) is 5.82 Å². The zero-order chi connectivity index (χ0) is 36.7. The molecule has 10 rings (SSSR count). The van der Waals surface area contributed by atoms with Gasteiger partial charge in [-0.2, -0.15) is 0 Å². The van der Waals surface area contributed by atoms with Crippen molar-refractivity contribution in [2.75, 3.05) is 0 Å². The van der Waals surface area contributed by atoms with E-state index in [4.69, 9.17) is 19.9 Å². The third-order valence-corrected chi connectivity index (χ3v) is 10.4. The van der Waals surface area contributed by atoms with Crippen molar-refractivity contribution in [1.82, 2.24) is 19.9 Å². The molecule has 55 heavy (non-hydrogen) atoms. The molecule has 3 aromatic heterocycles. The molecule has 0 saturated heterocycles. The van der Waals surface area contributed by atoms with Crippen LogP contribution in [0.1, 0.15) is 5.69 Å². The Labute approximate surface area is 319 Å². The number of aromatic nitrogens is 4. The number of benzene rings is 7. The highest BCUT2D eigenvalue weighted by Gasteiger charge is 2.15. The van der Waals surface area contributed by atoms with Gasteiger partial charge in [-0.25, -0.2) is 15.0 Å². The van der Waals surface area contributed by atoms with E-state index in [1.54, 1.807) is 0 Å². The molecule has 3 heterocycles. The topological polar surface area (TPSA) is 51.6 Å². The van der Waals surface area contributed by atoms with Gasteiger partial charge in [0.05, 0.1) is 28.1 Å². The molecule has 0 radical (unpaired) electrons. The zero-order valence-electron chi connectivity index (χ0n) is 30.2. The fourth-order valence-electron chi connectivity index (χ4n) is 7.45. The summed E-state index contributed by atoms with van der Waals surface area (Å²) in [7, 11) is 0. The number of hydrogen-bond donors (Lipinski definition) is 0. The first kappa shape index (κ1) is 32.4. The van der Waals surface area contributed by atoms with Crippen molar-refractivity contribution in [2.24, 2.45) is 0 Å². The lowest BCUT2D eigenvalue weighted by atomic mass is 9.95. The van der Waals surface area contributed by atoms with Gasteiger partial charge in [0.2, 0.25) is 0 Å². The van der Waals surface area contributed by atoms with Crippen LogP contribution in [0.3, 0.4) is 0 Å². The second kappa shape index (κ2) is 13.6. The van der Waals surface area contributed by atoms with Crippen molar-refractivity contribution in [3.05, 3.63) is 194 Å². The molecular weight excluding hydrogens is 669 g/mol. The summed E-state index contributed by atoms with van der Waals surface area (Å²) < 4.78 is 0. The predicted molar refractivity (Wildman–Crippen MR) is 227 cm³/mol. The highest BCUT2D eigenvalue weighted by Crippen LogP contribution is 2.37. The van der Waals surface area contributed by atoms with Crippen molar-refractivity contribution in [2.45, 2.75) is 6.92 Å². The molecule has 0 atom stereocenters. The Hall–Kier alpha value is -7.30. The van der Waals surface area contributed by atoms with Gasteiger partial charge in [0, 0.05) is 38.7 Å². The molecule has 0 unspecified atom stereocenters. The maximum atomic E-state index is 5.29. The van der Waals surface area contributed by atoms with Crippen molar-refractivity contribution in [3.63, 3.8) is 0 Å². The van der Waals surface area contributed by atoms with Gasteiger partial charge in [0.1, 0.15) is 0 Å². The number of hydrogen-bond acceptors (Lipinski definition) is 4. The molecule has 0 N–H and O–H groups in total. The van der Waals surface area contributed by atoms with Gasteiger partial charge in [0.25, 0.3) is 0 Å². The first-order valence-corrected chi connectivity index (χ1v) is 18.5. The van der Waals surface area contributed by atoms with Gasteiger partial charge in [0.15, 0.2) is 5.82 Å². The van der Waals surface area contributed by atoms with Crippen molar-refractivity contribution in [3.8, 4) is 67.4 Å². The van der Waals surface area contributed by atoms with Crippen LogP contribution in [0.4, 0.5) is 0 Å². The summed E-state index contributed by atoms with van der Waals surface area (Å²) in [6.45, 7) is 2.04. The van der Waals surface area contributed by atoms with Crippen molar-refractivity contribution < 1.29 is 0 Å². The average molecular weight is 703 g/mol. The lowest BCUT2D eigenvalue weighted by molar-refractivity contribution is 1.18. The van der Waals surface area contributed by atoms with Crippen LogP contribution in [-0.2, 0) is 0 Å². The van der Waals surface area contributed by atoms with Crippen LogP contribution < -0.4 is 0 Å². The number of fused-ring (bicyclic) bond motifs is 4. The van der Waals surface area contributed by atoms with Gasteiger partial charge >= 0.3 is 0 Å². The minimum atomic E-state index is 0.710. The molecule has 0 fully saturated rings. The fourth-order valence-corrected chi connectivity index (χ4v) is 7.45. The van der Waals surface area contributed by atoms with E-state index in [9.17, 15) is 0 Å². The maximum Gasteiger partial charge on any atom is 0.160 e. The Morgan fingerprint density at radius 1 is 0.309 bits per heavy atom. The van der Waals surface area contributed by atoms with E-state index in [0.717, 1.165) is 89.1 Å². The molecule has 7 aromatic carbocycles. The van der Waals surface area contributed by atoms with Crippen LogP contribution in [0.15, 0.2) is 188 Å². The van der Waals surface area contributed by atoms with Gasteiger partial charge < -0.3 is 0 Å². The quantitative estimate of drug-likeness (QED) is 0.162. The smallest absolute Gasteiger partial charge is 0.160 e. The largest absolute Gasteiger partial charge is 0.251 e. The molecule has 10 aromatic rings. The molecule has 4 heteroatoms. The molecule has 0 aliphatic heterocycles. The lowest BCUT2D eigenvalue weighted by Gasteiger charge is -2.13. The number of pyridine rings is 2. The SMILES string of the molecule is Cc1ccc2ccc3c(-c4ccc5ccccc5c4)cc(-c4ccc(-c5ccc(-c6cc(-c7ccccc7)nc(-c7ccccc7)n6)cc5)cc4)nc3c2n1.